The van der Waals surface area contributed by atoms with Gasteiger partial charge in [-0.1, -0.05) is 27.4 Å². The summed E-state index contributed by atoms with van der Waals surface area (Å²) in [5.41, 5.74) is 1.31. The first-order valence-electron chi connectivity index (χ1n) is 10.0. The highest BCUT2D eigenvalue weighted by Gasteiger charge is 2.33. The highest BCUT2D eigenvalue weighted by atomic mass is 16.2. The summed E-state index contributed by atoms with van der Waals surface area (Å²) >= 11 is 0. The Kier molecular flexibility index (Phi) is 5.74. The van der Waals surface area contributed by atoms with Crippen LogP contribution < -0.4 is 10.6 Å². The van der Waals surface area contributed by atoms with Crippen LogP contribution in [0, 0.1) is 18.3 Å². The van der Waals surface area contributed by atoms with Crippen molar-refractivity contribution in [1.82, 2.24) is 15.1 Å². The Hall–Kier alpha value is -3.10. The van der Waals surface area contributed by atoms with Crippen LogP contribution >= 0.6 is 0 Å². The van der Waals surface area contributed by atoms with Crippen molar-refractivity contribution in [3.8, 4) is 0 Å². The number of anilines is 1. The summed E-state index contributed by atoms with van der Waals surface area (Å²) in [7, 11) is 0. The lowest BCUT2D eigenvalue weighted by Crippen LogP contribution is -2.46. The van der Waals surface area contributed by atoms with Crippen molar-refractivity contribution < 1.29 is 14.4 Å². The van der Waals surface area contributed by atoms with Gasteiger partial charge in [0.25, 0.3) is 11.9 Å². The Labute approximate surface area is 175 Å². The van der Waals surface area contributed by atoms with E-state index in [0.717, 1.165) is 19.3 Å². The molecule has 160 valence electrons. The first kappa shape index (κ1) is 21.6. The minimum atomic E-state index is -0.806. The smallest absolute Gasteiger partial charge is 0.314 e. The molecule has 1 aliphatic carbocycles. The number of carbonyl (C=O) groups is 3. The van der Waals surface area contributed by atoms with Gasteiger partial charge in [-0.25, -0.2) is 4.99 Å². The molecule has 9 heteroatoms. The number of hydrogen-bond acceptors (Lipinski definition) is 5. The number of nitrogens with one attached hydrogen (secondary N) is 2. The number of rotatable bonds is 2. The molecule has 0 radical (unpaired) electrons. The molecule has 2 unspecified atom stereocenters. The minimum absolute atomic E-state index is 0.0107. The zero-order valence-electron chi connectivity index (χ0n) is 18.1. The summed E-state index contributed by atoms with van der Waals surface area (Å²) < 4.78 is 1.24. The zero-order chi connectivity index (χ0) is 22.2. The second-order valence-corrected chi connectivity index (χ2v) is 9.01. The van der Waals surface area contributed by atoms with Gasteiger partial charge in [-0.15, -0.1) is 0 Å². The largest absolute Gasteiger partial charge is 0.345 e. The van der Waals surface area contributed by atoms with Gasteiger partial charge < -0.3 is 10.6 Å². The average Bonchev–Trinajstić information content (AvgIpc) is 2.97. The Morgan fingerprint density at radius 3 is 2.53 bits per heavy atom. The molecule has 2 atom stereocenters. The maximum Gasteiger partial charge on any atom is 0.314 e. The fourth-order valence-corrected chi connectivity index (χ4v) is 4.27. The van der Waals surface area contributed by atoms with E-state index in [1.807, 2.05) is 0 Å². The molecular weight excluding hydrogens is 384 g/mol. The maximum atomic E-state index is 12.5. The van der Waals surface area contributed by atoms with Crippen LogP contribution in [0.1, 0.15) is 52.7 Å². The molecule has 3 amide bonds. The maximum absolute atomic E-state index is 12.5. The third-order valence-corrected chi connectivity index (χ3v) is 5.36. The molecular formula is C21H28N6O3. The molecule has 1 aliphatic heterocycles. The van der Waals surface area contributed by atoms with Gasteiger partial charge in [0.15, 0.2) is 0 Å². The van der Waals surface area contributed by atoms with Gasteiger partial charge in [0.05, 0.1) is 17.0 Å². The van der Waals surface area contributed by atoms with Crippen molar-refractivity contribution in [1.29, 1.82) is 0 Å². The number of aryl methyl sites for hydroxylation is 1. The van der Waals surface area contributed by atoms with Crippen LogP contribution in [0.3, 0.4) is 0 Å². The number of carbonyl (C=O) groups excluding carboxylic acids is 3. The Balaban J connectivity index is 1.73. The van der Waals surface area contributed by atoms with Gasteiger partial charge in [-0.05, 0) is 44.4 Å². The van der Waals surface area contributed by atoms with Gasteiger partial charge >= 0.3 is 11.8 Å². The highest BCUT2D eigenvalue weighted by molar-refractivity contribution is 6.39. The third kappa shape index (κ3) is 4.72. The van der Waals surface area contributed by atoms with E-state index in [0.29, 0.717) is 17.3 Å². The summed E-state index contributed by atoms with van der Waals surface area (Å²) in [4.78, 5) is 45.1. The lowest BCUT2D eigenvalue weighted by atomic mass is 9.70. The summed E-state index contributed by atoms with van der Waals surface area (Å²) in [5.74, 6) is -1.33. The van der Waals surface area contributed by atoms with E-state index in [1.54, 1.807) is 19.9 Å². The van der Waals surface area contributed by atoms with Crippen LogP contribution in [0.25, 0.3) is 0 Å². The van der Waals surface area contributed by atoms with Crippen molar-refractivity contribution in [2.24, 2.45) is 21.3 Å². The molecule has 2 N–H and O–H groups in total. The molecule has 0 saturated heterocycles. The van der Waals surface area contributed by atoms with Crippen molar-refractivity contribution in [2.45, 2.75) is 59.9 Å². The Bertz CT molecular complexity index is 985. The molecule has 1 fully saturated rings. The van der Waals surface area contributed by atoms with Gasteiger partial charge in [0, 0.05) is 12.1 Å². The molecule has 0 spiro atoms. The average molecular weight is 412 g/mol. The molecule has 1 saturated carbocycles. The minimum Gasteiger partial charge on any atom is -0.345 e. The van der Waals surface area contributed by atoms with Crippen LogP contribution in [0.2, 0.25) is 0 Å². The molecule has 1 aromatic rings. The monoisotopic (exact) mass is 412 g/mol. The molecule has 9 nitrogen and oxygen atoms in total. The summed E-state index contributed by atoms with van der Waals surface area (Å²) in [6, 6.07) is 1.53. The normalized spacial score (nSPS) is 23.5. The van der Waals surface area contributed by atoms with Crippen LogP contribution in [0.15, 0.2) is 28.2 Å². The van der Waals surface area contributed by atoms with Gasteiger partial charge in [-0.3, -0.25) is 14.4 Å². The Morgan fingerprint density at radius 1 is 1.20 bits per heavy atom. The topological polar surface area (TPSA) is 118 Å². The van der Waals surface area contributed by atoms with Gasteiger partial charge in [-0.2, -0.15) is 14.8 Å². The number of amides is 3. The predicted molar refractivity (Wildman–Crippen MR) is 114 cm³/mol. The molecule has 3 rings (SSSR count). The lowest BCUT2D eigenvalue weighted by Gasteiger charge is -2.39. The molecule has 2 heterocycles. The van der Waals surface area contributed by atoms with E-state index in [9.17, 15) is 14.4 Å². The van der Waals surface area contributed by atoms with Gasteiger partial charge in [0.2, 0.25) is 0 Å². The van der Waals surface area contributed by atoms with Crippen molar-refractivity contribution >= 4 is 35.2 Å². The van der Waals surface area contributed by atoms with E-state index in [2.05, 4.69) is 53.1 Å². The molecule has 2 aliphatic rings. The lowest BCUT2D eigenvalue weighted by molar-refractivity contribution is -0.137. The van der Waals surface area contributed by atoms with E-state index in [-0.39, 0.29) is 28.8 Å². The first-order valence-corrected chi connectivity index (χ1v) is 10.0. The zero-order valence-corrected chi connectivity index (χ0v) is 18.1. The highest BCUT2D eigenvalue weighted by Crippen LogP contribution is 2.38. The number of hydrogen-bond donors (Lipinski definition) is 2. The van der Waals surface area contributed by atoms with E-state index in [4.69, 9.17) is 0 Å². The molecule has 1 aromatic heterocycles. The standard InChI is InChI=1S/C21H28N6O3/c1-11-7-15(10-21(5,6)9-11)23-18(29)19(30)24-16-8-12(2)26-27(16)20-22-14(4)13(3)17(28)25-20/h8,11,15H,3,7,9-10H2,1-2,4-6H3,(H,23,29)(H,24,30). The van der Waals surface area contributed by atoms with Crippen LogP contribution in [-0.2, 0) is 14.4 Å². The fraction of sp³-hybridized carbons (Fsp3) is 0.524. The molecule has 0 aromatic carbocycles. The quantitative estimate of drug-likeness (QED) is 0.572. The van der Waals surface area contributed by atoms with E-state index in [1.165, 1.54) is 4.68 Å². The number of aliphatic imine (C=N–C) groups is 2. The molecule has 0 bridgehead atoms. The third-order valence-electron chi connectivity index (χ3n) is 5.36. The number of aromatic nitrogens is 2. The summed E-state index contributed by atoms with van der Waals surface area (Å²) in [6.07, 6.45) is 2.76. The van der Waals surface area contributed by atoms with E-state index < -0.39 is 17.7 Å². The van der Waals surface area contributed by atoms with Crippen molar-refractivity contribution in [2.75, 3.05) is 5.32 Å². The second-order valence-electron chi connectivity index (χ2n) is 9.01. The van der Waals surface area contributed by atoms with Crippen LogP contribution in [0.4, 0.5) is 5.82 Å². The Morgan fingerprint density at radius 2 is 1.90 bits per heavy atom. The van der Waals surface area contributed by atoms with Crippen LogP contribution in [0.5, 0.6) is 0 Å². The molecule has 30 heavy (non-hydrogen) atoms. The summed E-state index contributed by atoms with van der Waals surface area (Å²) in [5, 5.41) is 9.64. The summed E-state index contributed by atoms with van der Waals surface area (Å²) in [6.45, 7) is 13.5. The van der Waals surface area contributed by atoms with Crippen molar-refractivity contribution in [3.63, 3.8) is 0 Å². The fourth-order valence-electron chi connectivity index (χ4n) is 4.27. The SMILES string of the molecule is C=C1C(=O)N=C(n2nc(C)cc2NC(=O)C(=O)NC2CC(C)CC(C)(C)C2)N=C1C. The van der Waals surface area contributed by atoms with Gasteiger partial charge in [0.1, 0.15) is 5.82 Å². The number of nitrogens with zero attached hydrogens (tertiary/aromatic N) is 4. The van der Waals surface area contributed by atoms with Crippen LogP contribution in [-0.4, -0.2) is 45.2 Å². The predicted octanol–water partition coefficient (Wildman–Crippen LogP) is 2.22. The first-order chi connectivity index (χ1) is 13.9. The van der Waals surface area contributed by atoms with Crippen molar-refractivity contribution in [3.05, 3.63) is 23.9 Å². The second kappa shape index (κ2) is 7.97. The van der Waals surface area contributed by atoms with E-state index >= 15 is 0 Å².